The van der Waals surface area contributed by atoms with Crippen molar-refractivity contribution < 1.29 is 14.3 Å². The lowest BCUT2D eigenvalue weighted by atomic mass is 9.98. The maximum absolute atomic E-state index is 13.3. The molecule has 0 fully saturated rings. The second-order valence-electron chi connectivity index (χ2n) is 9.04. The minimum atomic E-state index is -0.128. The molecule has 6 rings (SSSR count). The van der Waals surface area contributed by atoms with Crippen molar-refractivity contribution in [2.45, 2.75) is 12.8 Å². The predicted octanol–water partition coefficient (Wildman–Crippen LogP) is 4.69. The molecule has 2 aromatic carbocycles. The Kier molecular flexibility index (Phi) is 7.13. The van der Waals surface area contributed by atoms with Crippen LogP contribution in [0.5, 0.6) is 11.8 Å². The molecule has 0 amide bonds. The summed E-state index contributed by atoms with van der Waals surface area (Å²) in [6, 6.07) is 21.4. The molecule has 0 atom stereocenters. The Morgan fingerprint density at radius 3 is 1.44 bits per heavy atom. The number of hydrogen-bond acceptors (Lipinski definition) is 9. The van der Waals surface area contributed by atoms with Gasteiger partial charge in [-0.25, -0.2) is 9.97 Å². The lowest BCUT2D eigenvalue weighted by Gasteiger charge is -2.16. The first-order valence-electron chi connectivity index (χ1n) is 12.7. The molecule has 11 heteroatoms. The van der Waals surface area contributed by atoms with E-state index < -0.39 is 0 Å². The Labute approximate surface area is 233 Å². The first kappa shape index (κ1) is 25.4. The highest BCUT2D eigenvalue weighted by atomic mass is 16.5. The Morgan fingerprint density at radius 2 is 1.05 bits per heavy atom. The number of ether oxygens (including phenoxy) is 1. The zero-order chi connectivity index (χ0) is 28.0. The number of rotatable bonds is 10. The molecule has 0 bridgehead atoms. The summed E-state index contributed by atoms with van der Waals surface area (Å²) in [4.78, 5) is 35.6. The summed E-state index contributed by atoms with van der Waals surface area (Å²) in [5.41, 5.74) is 4.41. The molecular formula is C30H22N8O3. The summed E-state index contributed by atoms with van der Waals surface area (Å²) in [5.74, 6) is 0.0648. The minimum Gasteiger partial charge on any atom is -0.420 e. The van der Waals surface area contributed by atoms with Gasteiger partial charge in [0.05, 0.1) is 12.4 Å². The Morgan fingerprint density at radius 1 is 0.610 bits per heavy atom. The molecule has 11 nitrogen and oxygen atoms in total. The number of pyridine rings is 2. The summed E-state index contributed by atoms with van der Waals surface area (Å²) in [7, 11) is 0. The van der Waals surface area contributed by atoms with E-state index in [0.717, 1.165) is 0 Å². The Hall–Kier alpha value is -5.84. The van der Waals surface area contributed by atoms with Crippen LogP contribution < -0.4 is 4.74 Å². The van der Waals surface area contributed by atoms with E-state index in [1.54, 1.807) is 61.2 Å². The van der Waals surface area contributed by atoms with Gasteiger partial charge in [-0.1, -0.05) is 71.1 Å². The van der Waals surface area contributed by atoms with Gasteiger partial charge in [0.15, 0.2) is 11.6 Å². The zero-order valence-corrected chi connectivity index (χ0v) is 21.6. The normalized spacial score (nSPS) is 10.8. The molecule has 0 unspecified atom stereocenters. The maximum atomic E-state index is 13.3. The molecule has 0 spiro atoms. The van der Waals surface area contributed by atoms with Gasteiger partial charge in [0.2, 0.25) is 11.8 Å². The number of aromatic nitrogens is 8. The summed E-state index contributed by atoms with van der Waals surface area (Å²) >= 11 is 0. The van der Waals surface area contributed by atoms with Crippen molar-refractivity contribution in [2.75, 3.05) is 0 Å². The third-order valence-corrected chi connectivity index (χ3v) is 6.48. The van der Waals surface area contributed by atoms with E-state index in [9.17, 15) is 9.59 Å². The van der Waals surface area contributed by atoms with Crippen LogP contribution in [-0.4, -0.2) is 52.4 Å². The number of nitrogens with one attached hydrogen (secondary N) is 2. The Bertz CT molecular complexity index is 1660. The van der Waals surface area contributed by atoms with Crippen LogP contribution in [-0.2, 0) is 12.8 Å². The number of carbonyl (C=O) groups is 2. The zero-order valence-electron chi connectivity index (χ0n) is 21.6. The first-order valence-corrected chi connectivity index (χ1v) is 12.7. The topological polar surface area (TPSA) is 152 Å². The molecule has 0 saturated heterocycles. The Balaban J connectivity index is 1.44. The fourth-order valence-corrected chi connectivity index (χ4v) is 4.48. The predicted molar refractivity (Wildman–Crippen MR) is 148 cm³/mol. The number of carbonyl (C=O) groups excluding carboxylic acids is 2. The van der Waals surface area contributed by atoms with Crippen LogP contribution in [0.15, 0.2) is 97.6 Å². The third kappa shape index (κ3) is 5.50. The van der Waals surface area contributed by atoms with E-state index in [0.29, 0.717) is 44.8 Å². The fraction of sp³-hybridized carbons (Fsp3) is 0.0667. The summed E-state index contributed by atoms with van der Waals surface area (Å²) < 4.78 is 6.35. The molecule has 0 radical (unpaired) electrons. The molecular weight excluding hydrogens is 520 g/mol. The van der Waals surface area contributed by atoms with E-state index in [2.05, 4.69) is 40.8 Å². The van der Waals surface area contributed by atoms with Crippen LogP contribution in [0, 0.1) is 0 Å². The van der Waals surface area contributed by atoms with Gasteiger partial charge in [-0.2, -0.15) is 0 Å². The largest absolute Gasteiger partial charge is 0.420 e. The van der Waals surface area contributed by atoms with E-state index in [1.165, 1.54) is 0 Å². The van der Waals surface area contributed by atoms with Gasteiger partial charge in [-0.05, 0) is 12.1 Å². The number of nitrogens with zero attached hydrogens (tertiary/aromatic N) is 6. The number of H-pyrrole nitrogens is 2. The van der Waals surface area contributed by atoms with Gasteiger partial charge in [-0.15, -0.1) is 10.2 Å². The van der Waals surface area contributed by atoms with Crippen LogP contribution in [0.25, 0.3) is 22.5 Å². The molecule has 41 heavy (non-hydrogen) atoms. The lowest BCUT2D eigenvalue weighted by Crippen LogP contribution is -2.10. The molecule has 200 valence electrons. The van der Waals surface area contributed by atoms with Gasteiger partial charge in [-0.3, -0.25) is 19.8 Å². The third-order valence-electron chi connectivity index (χ3n) is 6.48. The highest BCUT2D eigenvalue weighted by Crippen LogP contribution is 2.35. The van der Waals surface area contributed by atoms with E-state index in [-0.39, 0.29) is 36.2 Å². The number of ketones is 2. The van der Waals surface area contributed by atoms with Crippen LogP contribution in [0.1, 0.15) is 31.8 Å². The van der Waals surface area contributed by atoms with Crippen LogP contribution in [0.3, 0.4) is 0 Å². The van der Waals surface area contributed by atoms with E-state index in [4.69, 9.17) is 4.74 Å². The van der Waals surface area contributed by atoms with Gasteiger partial charge in [0.1, 0.15) is 11.4 Å². The van der Waals surface area contributed by atoms with Crippen molar-refractivity contribution in [3.63, 3.8) is 0 Å². The van der Waals surface area contributed by atoms with Crippen molar-refractivity contribution in [1.82, 2.24) is 40.8 Å². The minimum absolute atomic E-state index is 0.0172. The quantitative estimate of drug-likeness (QED) is 0.235. The molecule has 6 aromatic rings. The monoisotopic (exact) mass is 542 g/mol. The molecule has 4 heterocycles. The highest BCUT2D eigenvalue weighted by Gasteiger charge is 2.23. The van der Waals surface area contributed by atoms with Crippen molar-refractivity contribution in [1.29, 1.82) is 0 Å². The summed E-state index contributed by atoms with van der Waals surface area (Å²) in [6.45, 7) is 0. The number of aromatic amines is 2. The van der Waals surface area contributed by atoms with Crippen LogP contribution in [0.4, 0.5) is 0 Å². The summed E-state index contributed by atoms with van der Waals surface area (Å²) in [5, 5.41) is 21.3. The van der Waals surface area contributed by atoms with Gasteiger partial charge in [0, 0.05) is 58.6 Å². The van der Waals surface area contributed by atoms with E-state index >= 15 is 0 Å². The van der Waals surface area contributed by atoms with Crippen molar-refractivity contribution in [2.24, 2.45) is 0 Å². The standard InChI is InChI=1S/C30H22N8O3/c39-27(19-7-3-1-4-8-19)15-23-21(25-17-33-37-35-25)11-13-31-29(23)41-30-24(16-28(40)20-9-5-2-6-10-20)22(12-14-32-30)26-18-34-38-36-26/h1-14,17-18H,15-16H2,(H,33,35,37)(H,34,36,38). The molecule has 0 aliphatic carbocycles. The van der Waals surface area contributed by atoms with Crippen LogP contribution in [0.2, 0.25) is 0 Å². The molecule has 4 aromatic heterocycles. The fourth-order valence-electron chi connectivity index (χ4n) is 4.48. The van der Waals surface area contributed by atoms with Crippen molar-refractivity contribution in [3.05, 3.63) is 120 Å². The molecule has 2 N–H and O–H groups in total. The van der Waals surface area contributed by atoms with Gasteiger partial charge in [0.25, 0.3) is 0 Å². The number of benzene rings is 2. The average molecular weight is 543 g/mol. The van der Waals surface area contributed by atoms with Crippen molar-refractivity contribution >= 4 is 11.6 Å². The lowest BCUT2D eigenvalue weighted by molar-refractivity contribution is 0.0985. The van der Waals surface area contributed by atoms with Gasteiger partial charge >= 0.3 is 0 Å². The van der Waals surface area contributed by atoms with Gasteiger partial charge < -0.3 is 4.74 Å². The SMILES string of the molecule is O=C(Cc1c(-c2c[nH]nn2)ccnc1Oc1nccc(-c2c[nH]nn2)c1CC(=O)c1ccccc1)c1ccccc1. The maximum Gasteiger partial charge on any atom is 0.225 e. The number of hydrogen-bond donors (Lipinski definition) is 2. The average Bonchev–Trinajstić information content (AvgIpc) is 3.75. The second-order valence-corrected chi connectivity index (χ2v) is 9.04. The smallest absolute Gasteiger partial charge is 0.225 e. The van der Waals surface area contributed by atoms with Crippen LogP contribution >= 0.6 is 0 Å². The summed E-state index contributed by atoms with van der Waals surface area (Å²) in [6.07, 6.45) is 6.34. The molecule has 0 saturated carbocycles. The number of Topliss-reactive ketones (excluding diaryl/α,β-unsaturated/α-hetero) is 2. The van der Waals surface area contributed by atoms with Crippen molar-refractivity contribution in [3.8, 4) is 34.3 Å². The highest BCUT2D eigenvalue weighted by molar-refractivity contribution is 5.99. The first-order chi connectivity index (χ1) is 20.2. The molecule has 0 aliphatic rings. The van der Waals surface area contributed by atoms with E-state index in [1.807, 2.05) is 36.4 Å². The second kappa shape index (κ2) is 11.5. The molecule has 0 aliphatic heterocycles.